The topological polar surface area (TPSA) is 72.3 Å². The predicted octanol–water partition coefficient (Wildman–Crippen LogP) is 1.35. The summed E-state index contributed by atoms with van der Waals surface area (Å²) in [7, 11) is 0. The fraction of sp³-hybridized carbons (Fsp3) is 0.526. The monoisotopic (exact) mass is 373 g/mol. The van der Waals surface area contributed by atoms with E-state index in [-0.39, 0.29) is 18.3 Å². The van der Waals surface area contributed by atoms with Crippen LogP contribution < -0.4 is 10.1 Å². The lowest BCUT2D eigenvalue weighted by molar-refractivity contribution is -0.133. The highest BCUT2D eigenvalue weighted by Gasteiger charge is 2.26. The normalized spacial score (nSPS) is 20.0. The van der Waals surface area contributed by atoms with E-state index < -0.39 is 0 Å². The second-order valence-corrected chi connectivity index (χ2v) is 7.04. The Bertz CT molecular complexity index is 786. The molecule has 0 saturated carbocycles. The summed E-state index contributed by atoms with van der Waals surface area (Å²) in [4.78, 5) is 14.3. The van der Waals surface area contributed by atoms with E-state index in [0.29, 0.717) is 37.7 Å². The molecule has 2 aliphatic heterocycles. The molecule has 0 radical (unpaired) electrons. The first-order valence-electron chi connectivity index (χ1n) is 9.49. The van der Waals surface area contributed by atoms with Gasteiger partial charge in [0.05, 0.1) is 0 Å². The predicted molar refractivity (Wildman–Crippen MR) is 97.0 cm³/mol. The maximum absolute atomic E-state index is 12.9. The van der Waals surface area contributed by atoms with E-state index in [1.807, 2.05) is 0 Å². The minimum atomic E-state index is -0.326. The molecule has 0 bridgehead atoms. The summed E-state index contributed by atoms with van der Waals surface area (Å²) < 4.78 is 20.6. The minimum absolute atomic E-state index is 0.0500. The molecule has 3 heterocycles. The Kier molecular flexibility index (Phi) is 5.33. The number of rotatable bonds is 4. The lowest BCUT2D eigenvalue weighted by Crippen LogP contribution is -2.37. The summed E-state index contributed by atoms with van der Waals surface area (Å²) >= 11 is 0. The third-order valence-electron chi connectivity index (χ3n) is 5.25. The van der Waals surface area contributed by atoms with E-state index in [2.05, 4.69) is 20.1 Å². The Morgan fingerprint density at radius 1 is 1.22 bits per heavy atom. The number of ether oxygens (including phenoxy) is 1. The Hall–Kier alpha value is -2.48. The average molecular weight is 373 g/mol. The minimum Gasteiger partial charge on any atom is -0.484 e. The molecule has 144 valence electrons. The second kappa shape index (κ2) is 8.04. The molecule has 8 heteroatoms. The highest BCUT2D eigenvalue weighted by Crippen LogP contribution is 2.23. The molecule has 0 aliphatic carbocycles. The molecule has 1 N–H and O–H groups in total. The Balaban J connectivity index is 1.36. The highest BCUT2D eigenvalue weighted by molar-refractivity contribution is 5.77. The lowest BCUT2D eigenvalue weighted by Gasteiger charge is -2.23. The molecule has 1 atom stereocenters. The number of fused-ring (bicyclic) bond motifs is 1. The molecular formula is C19H24FN5O2. The van der Waals surface area contributed by atoms with Crippen LogP contribution in [-0.2, 0) is 17.8 Å². The first-order chi connectivity index (χ1) is 13.2. The van der Waals surface area contributed by atoms with Crippen LogP contribution in [0.15, 0.2) is 24.3 Å². The SMILES string of the molecule is O=C(COc1ccc(F)cc1)N1CCc2nnc([C@@H]3CCCNC3)n2CC1. The number of amides is 1. The van der Waals surface area contributed by atoms with Crippen molar-refractivity contribution in [2.45, 2.75) is 31.7 Å². The van der Waals surface area contributed by atoms with Crippen molar-refractivity contribution in [1.29, 1.82) is 0 Å². The van der Waals surface area contributed by atoms with Crippen molar-refractivity contribution in [3.63, 3.8) is 0 Å². The second-order valence-electron chi connectivity index (χ2n) is 7.04. The Morgan fingerprint density at radius 3 is 2.85 bits per heavy atom. The van der Waals surface area contributed by atoms with Gasteiger partial charge in [0.2, 0.25) is 0 Å². The van der Waals surface area contributed by atoms with Crippen molar-refractivity contribution in [3.05, 3.63) is 41.7 Å². The van der Waals surface area contributed by atoms with Gasteiger partial charge in [0.25, 0.3) is 5.91 Å². The van der Waals surface area contributed by atoms with E-state index in [1.54, 1.807) is 4.90 Å². The van der Waals surface area contributed by atoms with Gasteiger partial charge in [-0.15, -0.1) is 10.2 Å². The molecule has 0 unspecified atom stereocenters. The number of carbonyl (C=O) groups excluding carboxylic acids is 1. The first kappa shape index (κ1) is 17.9. The first-order valence-corrected chi connectivity index (χ1v) is 9.49. The van der Waals surface area contributed by atoms with E-state index in [9.17, 15) is 9.18 Å². The molecule has 7 nitrogen and oxygen atoms in total. The van der Waals surface area contributed by atoms with Crippen LogP contribution in [0.3, 0.4) is 0 Å². The van der Waals surface area contributed by atoms with E-state index in [4.69, 9.17) is 4.74 Å². The number of nitrogens with zero attached hydrogens (tertiary/aromatic N) is 4. The number of piperidine rings is 1. The van der Waals surface area contributed by atoms with Crippen LogP contribution >= 0.6 is 0 Å². The van der Waals surface area contributed by atoms with Gasteiger partial charge in [0, 0.05) is 38.5 Å². The van der Waals surface area contributed by atoms with E-state index in [0.717, 1.165) is 37.6 Å². The number of carbonyl (C=O) groups is 1. The number of aromatic nitrogens is 3. The summed E-state index contributed by atoms with van der Waals surface area (Å²) in [6.07, 6.45) is 2.97. The number of halogens is 1. The fourth-order valence-electron chi connectivity index (χ4n) is 3.74. The van der Waals surface area contributed by atoms with Gasteiger partial charge < -0.3 is 19.5 Å². The summed E-state index contributed by atoms with van der Waals surface area (Å²) in [5.74, 6) is 2.47. The molecule has 2 aromatic rings. The summed E-state index contributed by atoms with van der Waals surface area (Å²) in [5, 5.41) is 12.2. The number of hydrogen-bond acceptors (Lipinski definition) is 5. The number of nitrogens with one attached hydrogen (secondary N) is 1. The van der Waals surface area contributed by atoms with Gasteiger partial charge in [-0.05, 0) is 43.7 Å². The smallest absolute Gasteiger partial charge is 0.260 e. The van der Waals surface area contributed by atoms with Gasteiger partial charge >= 0.3 is 0 Å². The zero-order valence-electron chi connectivity index (χ0n) is 15.2. The molecule has 1 fully saturated rings. The zero-order valence-corrected chi connectivity index (χ0v) is 15.2. The summed E-state index contributed by atoms with van der Waals surface area (Å²) in [5.41, 5.74) is 0. The van der Waals surface area contributed by atoms with Crippen LogP contribution in [0, 0.1) is 5.82 Å². The molecule has 1 aromatic heterocycles. The van der Waals surface area contributed by atoms with Crippen LogP contribution in [0.1, 0.15) is 30.4 Å². The van der Waals surface area contributed by atoms with Gasteiger partial charge in [-0.25, -0.2) is 4.39 Å². The molecule has 27 heavy (non-hydrogen) atoms. The molecule has 2 aliphatic rings. The molecule has 1 saturated heterocycles. The van der Waals surface area contributed by atoms with E-state index >= 15 is 0 Å². The average Bonchev–Trinajstić information content (AvgIpc) is 2.99. The van der Waals surface area contributed by atoms with Crippen molar-refractivity contribution in [3.8, 4) is 5.75 Å². The van der Waals surface area contributed by atoms with Crippen molar-refractivity contribution in [2.24, 2.45) is 0 Å². The van der Waals surface area contributed by atoms with Crippen LogP contribution in [-0.4, -0.2) is 58.4 Å². The molecule has 1 amide bonds. The van der Waals surface area contributed by atoms with Crippen LogP contribution in [0.2, 0.25) is 0 Å². The molecule has 0 spiro atoms. The highest BCUT2D eigenvalue weighted by atomic mass is 19.1. The summed E-state index contributed by atoms with van der Waals surface area (Å²) in [6, 6.07) is 5.69. The maximum Gasteiger partial charge on any atom is 0.260 e. The van der Waals surface area contributed by atoms with E-state index in [1.165, 1.54) is 24.3 Å². The standard InChI is InChI=1S/C19H24FN5O2/c20-15-3-5-16(6-4-15)27-13-18(26)24-9-7-17-22-23-19(25(17)11-10-24)14-2-1-8-21-12-14/h3-6,14,21H,1-2,7-13H2/t14-/m1/s1. The Morgan fingerprint density at radius 2 is 2.07 bits per heavy atom. The third-order valence-corrected chi connectivity index (χ3v) is 5.25. The molecular weight excluding hydrogens is 349 g/mol. The van der Waals surface area contributed by atoms with Gasteiger partial charge in [0.1, 0.15) is 23.2 Å². The van der Waals surface area contributed by atoms with Crippen molar-refractivity contribution in [1.82, 2.24) is 25.0 Å². The van der Waals surface area contributed by atoms with Gasteiger partial charge in [-0.1, -0.05) is 0 Å². The Labute approximate surface area is 157 Å². The van der Waals surface area contributed by atoms with Gasteiger partial charge in [-0.2, -0.15) is 0 Å². The maximum atomic E-state index is 12.9. The number of benzene rings is 1. The van der Waals surface area contributed by atoms with Crippen molar-refractivity contribution < 1.29 is 13.9 Å². The quantitative estimate of drug-likeness (QED) is 0.876. The molecule has 1 aromatic carbocycles. The number of hydrogen-bond donors (Lipinski definition) is 1. The lowest BCUT2D eigenvalue weighted by atomic mass is 9.99. The molecule has 4 rings (SSSR count). The zero-order chi connectivity index (χ0) is 18.6. The van der Waals surface area contributed by atoms with Crippen LogP contribution in [0.5, 0.6) is 5.75 Å². The summed E-state index contributed by atoms with van der Waals surface area (Å²) in [6.45, 7) is 3.87. The van der Waals surface area contributed by atoms with Gasteiger partial charge in [-0.3, -0.25) is 4.79 Å². The third kappa shape index (κ3) is 4.10. The van der Waals surface area contributed by atoms with Crippen molar-refractivity contribution >= 4 is 5.91 Å². The van der Waals surface area contributed by atoms with Gasteiger partial charge in [0.15, 0.2) is 6.61 Å². The van der Waals surface area contributed by atoms with Crippen LogP contribution in [0.25, 0.3) is 0 Å². The van der Waals surface area contributed by atoms with Crippen LogP contribution in [0.4, 0.5) is 4.39 Å². The van der Waals surface area contributed by atoms with Crippen molar-refractivity contribution in [2.75, 3.05) is 32.8 Å². The largest absolute Gasteiger partial charge is 0.484 e. The fourth-order valence-corrected chi connectivity index (χ4v) is 3.74.